The molecule has 0 spiro atoms. The van der Waals surface area contributed by atoms with Crippen molar-refractivity contribution >= 4 is 35.1 Å². The first-order valence-corrected chi connectivity index (χ1v) is 7.83. The van der Waals surface area contributed by atoms with Crippen LogP contribution in [0, 0.1) is 0 Å². The molecule has 2 aromatic rings. The second-order valence-electron chi connectivity index (χ2n) is 4.88. The fourth-order valence-corrected chi connectivity index (χ4v) is 1.97. The van der Waals surface area contributed by atoms with Crippen molar-refractivity contribution in [2.45, 2.75) is 0 Å². The van der Waals surface area contributed by atoms with Crippen LogP contribution >= 0.6 is 11.6 Å². The predicted molar refractivity (Wildman–Crippen MR) is 96.4 cm³/mol. The van der Waals surface area contributed by atoms with Crippen molar-refractivity contribution < 1.29 is 19.1 Å². The summed E-state index contributed by atoms with van der Waals surface area (Å²) in [7, 11) is 1.57. The molecule has 8 heteroatoms. The van der Waals surface area contributed by atoms with Gasteiger partial charge in [0.1, 0.15) is 12.4 Å². The lowest BCUT2D eigenvalue weighted by atomic mass is 10.3. The zero-order chi connectivity index (χ0) is 18.1. The molecule has 0 radical (unpaired) electrons. The zero-order valence-electron chi connectivity index (χ0n) is 13.5. The zero-order valence-corrected chi connectivity index (χ0v) is 14.3. The van der Waals surface area contributed by atoms with E-state index < -0.39 is 12.1 Å². The van der Waals surface area contributed by atoms with Gasteiger partial charge in [-0.25, -0.2) is 9.59 Å². The lowest BCUT2D eigenvalue weighted by Gasteiger charge is -2.09. The minimum absolute atomic E-state index is 0.0372. The van der Waals surface area contributed by atoms with Crippen molar-refractivity contribution in [1.82, 2.24) is 5.32 Å². The Morgan fingerprint density at radius 3 is 2.20 bits per heavy atom. The Bertz CT molecular complexity index is 705. The lowest BCUT2D eigenvalue weighted by Crippen LogP contribution is -2.32. The Labute approximate surface area is 150 Å². The summed E-state index contributed by atoms with van der Waals surface area (Å²) in [6.45, 7) is 0.214. The van der Waals surface area contributed by atoms with Crippen molar-refractivity contribution in [2.24, 2.45) is 0 Å². The molecule has 0 unspecified atom stereocenters. The third-order valence-corrected chi connectivity index (χ3v) is 3.31. The Kier molecular flexibility index (Phi) is 6.91. The van der Waals surface area contributed by atoms with Gasteiger partial charge in [-0.1, -0.05) is 11.6 Å². The summed E-state index contributed by atoms with van der Waals surface area (Å²) in [5, 5.41) is 8.36. The smallest absolute Gasteiger partial charge is 0.411 e. The molecule has 0 saturated carbocycles. The summed E-state index contributed by atoms with van der Waals surface area (Å²) in [4.78, 5) is 23.3. The van der Waals surface area contributed by atoms with E-state index in [2.05, 4.69) is 16.0 Å². The van der Waals surface area contributed by atoms with Crippen LogP contribution < -0.4 is 20.7 Å². The van der Waals surface area contributed by atoms with Gasteiger partial charge in [0.05, 0.1) is 13.7 Å². The molecular weight excluding hydrogens is 346 g/mol. The van der Waals surface area contributed by atoms with Crippen molar-refractivity contribution in [2.75, 3.05) is 30.9 Å². The highest BCUT2D eigenvalue weighted by atomic mass is 35.5. The first kappa shape index (κ1) is 18.4. The number of hydrogen-bond donors (Lipinski definition) is 3. The van der Waals surface area contributed by atoms with E-state index in [1.807, 2.05) is 0 Å². The number of nitrogens with one attached hydrogen (secondary N) is 3. The maximum Gasteiger partial charge on any atom is 0.411 e. The van der Waals surface area contributed by atoms with Crippen LogP contribution in [-0.4, -0.2) is 32.4 Å². The number of carbonyl (C=O) groups excluding carboxylic acids is 2. The van der Waals surface area contributed by atoms with Gasteiger partial charge in [-0.2, -0.15) is 0 Å². The Morgan fingerprint density at radius 1 is 0.960 bits per heavy atom. The van der Waals surface area contributed by atoms with Crippen LogP contribution in [0.3, 0.4) is 0 Å². The van der Waals surface area contributed by atoms with Crippen LogP contribution in [-0.2, 0) is 4.74 Å². The molecule has 25 heavy (non-hydrogen) atoms. The van der Waals surface area contributed by atoms with Crippen molar-refractivity contribution in [1.29, 1.82) is 0 Å². The summed E-state index contributed by atoms with van der Waals surface area (Å²) in [6, 6.07) is 13.1. The maximum atomic E-state index is 11.7. The molecule has 0 bridgehead atoms. The van der Waals surface area contributed by atoms with E-state index in [4.69, 9.17) is 21.1 Å². The van der Waals surface area contributed by atoms with Crippen LogP contribution in [0.25, 0.3) is 0 Å². The van der Waals surface area contributed by atoms with Crippen molar-refractivity contribution in [3.8, 4) is 5.75 Å². The largest absolute Gasteiger partial charge is 0.497 e. The fraction of sp³-hybridized carbons (Fsp3) is 0.176. The molecule has 0 aliphatic heterocycles. The van der Waals surface area contributed by atoms with Crippen LogP contribution in [0.4, 0.5) is 21.0 Å². The number of carbonyl (C=O) groups is 2. The number of amides is 3. The number of benzene rings is 2. The minimum atomic E-state index is -0.611. The van der Waals surface area contributed by atoms with E-state index in [-0.39, 0.29) is 13.2 Å². The third kappa shape index (κ3) is 6.60. The van der Waals surface area contributed by atoms with Crippen LogP contribution in [0.2, 0.25) is 5.02 Å². The normalized spacial score (nSPS) is 9.84. The van der Waals surface area contributed by atoms with Gasteiger partial charge in [-0.3, -0.25) is 5.32 Å². The first-order chi connectivity index (χ1) is 12.1. The highest BCUT2D eigenvalue weighted by molar-refractivity contribution is 6.30. The Balaban J connectivity index is 1.63. The molecule has 0 heterocycles. The molecule has 0 aliphatic carbocycles. The summed E-state index contributed by atoms with van der Waals surface area (Å²) >= 11 is 5.76. The second kappa shape index (κ2) is 9.39. The SMILES string of the molecule is COc1ccc(NC(=O)NCCOC(=O)Nc2ccc(Cl)cc2)cc1. The van der Waals surface area contributed by atoms with Crippen LogP contribution in [0.5, 0.6) is 5.75 Å². The third-order valence-electron chi connectivity index (χ3n) is 3.06. The van der Waals surface area contributed by atoms with Gasteiger partial charge < -0.3 is 20.1 Å². The summed E-state index contributed by atoms with van der Waals surface area (Å²) in [5.41, 5.74) is 1.19. The van der Waals surface area contributed by atoms with Crippen molar-refractivity contribution in [3.63, 3.8) is 0 Å². The van der Waals surface area contributed by atoms with E-state index in [9.17, 15) is 9.59 Å². The van der Waals surface area contributed by atoms with Gasteiger partial charge in [0, 0.05) is 16.4 Å². The fourth-order valence-electron chi connectivity index (χ4n) is 1.85. The molecule has 0 fully saturated rings. The monoisotopic (exact) mass is 363 g/mol. The predicted octanol–water partition coefficient (Wildman–Crippen LogP) is 3.72. The molecule has 2 aromatic carbocycles. The van der Waals surface area contributed by atoms with Crippen LogP contribution in [0.15, 0.2) is 48.5 Å². The number of urea groups is 1. The highest BCUT2D eigenvalue weighted by Gasteiger charge is 2.05. The maximum absolute atomic E-state index is 11.7. The average Bonchev–Trinajstić information content (AvgIpc) is 2.61. The van der Waals surface area contributed by atoms with E-state index in [0.29, 0.717) is 22.1 Å². The van der Waals surface area contributed by atoms with E-state index >= 15 is 0 Å². The Hall–Kier alpha value is -2.93. The number of anilines is 2. The molecule has 7 nitrogen and oxygen atoms in total. The standard InChI is InChI=1S/C17H18ClN3O4/c1-24-15-8-6-13(7-9-15)20-16(22)19-10-11-25-17(23)21-14-4-2-12(18)3-5-14/h2-9H,10-11H2,1H3,(H,21,23)(H2,19,20,22). The summed E-state index contributed by atoms with van der Waals surface area (Å²) < 4.78 is 10.0. The van der Waals surface area contributed by atoms with Gasteiger partial charge in [0.2, 0.25) is 0 Å². The van der Waals surface area contributed by atoms with E-state index in [1.54, 1.807) is 55.6 Å². The topological polar surface area (TPSA) is 88.7 Å². The van der Waals surface area contributed by atoms with Gasteiger partial charge in [0.15, 0.2) is 0 Å². The van der Waals surface area contributed by atoms with Crippen molar-refractivity contribution in [3.05, 3.63) is 53.6 Å². The summed E-state index contributed by atoms with van der Waals surface area (Å²) in [5.74, 6) is 0.700. The number of ether oxygens (including phenoxy) is 2. The highest BCUT2D eigenvalue weighted by Crippen LogP contribution is 2.15. The number of methoxy groups -OCH3 is 1. The first-order valence-electron chi connectivity index (χ1n) is 7.45. The molecule has 0 aliphatic rings. The molecule has 132 valence electrons. The molecule has 3 N–H and O–H groups in total. The van der Waals surface area contributed by atoms with Gasteiger partial charge in [-0.15, -0.1) is 0 Å². The van der Waals surface area contributed by atoms with Crippen LogP contribution in [0.1, 0.15) is 0 Å². The van der Waals surface area contributed by atoms with E-state index in [0.717, 1.165) is 0 Å². The van der Waals surface area contributed by atoms with E-state index in [1.165, 1.54) is 0 Å². The number of halogens is 1. The molecule has 2 rings (SSSR count). The van der Waals surface area contributed by atoms with Gasteiger partial charge >= 0.3 is 12.1 Å². The lowest BCUT2D eigenvalue weighted by molar-refractivity contribution is 0.162. The van der Waals surface area contributed by atoms with Gasteiger partial charge in [0.25, 0.3) is 0 Å². The molecule has 0 atom stereocenters. The summed E-state index contributed by atoms with van der Waals surface area (Å²) in [6.07, 6.45) is -0.611. The quantitative estimate of drug-likeness (QED) is 0.682. The van der Waals surface area contributed by atoms with Gasteiger partial charge in [-0.05, 0) is 48.5 Å². The molecular formula is C17H18ClN3O4. The minimum Gasteiger partial charge on any atom is -0.497 e. The Morgan fingerprint density at radius 2 is 1.56 bits per heavy atom. The number of hydrogen-bond acceptors (Lipinski definition) is 4. The second-order valence-corrected chi connectivity index (χ2v) is 5.31. The molecule has 0 saturated heterocycles. The molecule has 3 amide bonds. The average molecular weight is 364 g/mol. The number of rotatable bonds is 6. The molecule has 0 aromatic heterocycles.